The molecular weight excluding hydrogens is 261 g/mol. The second-order valence-corrected chi connectivity index (χ2v) is 4.67. The maximum absolute atomic E-state index is 13.2. The summed E-state index contributed by atoms with van der Waals surface area (Å²) in [7, 11) is 0. The van der Waals surface area contributed by atoms with E-state index in [1.54, 1.807) is 26.0 Å². The Morgan fingerprint density at radius 1 is 1.00 bits per heavy atom. The van der Waals surface area contributed by atoms with Crippen LogP contribution in [0.4, 0.5) is 13.2 Å². The summed E-state index contributed by atoms with van der Waals surface area (Å²) < 4.78 is 39.5. The summed E-state index contributed by atoms with van der Waals surface area (Å²) in [5.41, 5.74) is 2.11. The Morgan fingerprint density at radius 3 is 2.10 bits per heavy atom. The molecule has 0 fully saturated rings. The van der Waals surface area contributed by atoms with Crippen molar-refractivity contribution >= 4 is 0 Å². The first-order valence-electron chi connectivity index (χ1n) is 6.09. The van der Waals surface area contributed by atoms with Gasteiger partial charge in [-0.3, -0.25) is 0 Å². The van der Waals surface area contributed by atoms with Gasteiger partial charge in [-0.05, 0) is 54.3 Å². The average Bonchev–Trinajstić information content (AvgIpc) is 2.37. The largest absolute Gasteiger partial charge is 0.417 e. The molecule has 0 heterocycles. The lowest BCUT2D eigenvalue weighted by atomic mass is 9.91. The lowest BCUT2D eigenvalue weighted by Gasteiger charge is -2.17. The highest BCUT2D eigenvalue weighted by molar-refractivity contribution is 5.75. The minimum atomic E-state index is -4.41. The summed E-state index contributed by atoms with van der Waals surface area (Å²) in [5, 5.41) is 0. The van der Waals surface area contributed by atoms with Gasteiger partial charge in [0.15, 0.2) is 0 Å². The molecule has 0 aliphatic rings. The van der Waals surface area contributed by atoms with Crippen LogP contribution < -0.4 is 0 Å². The number of aryl methyl sites for hydroxylation is 2. The van der Waals surface area contributed by atoms with Gasteiger partial charge >= 0.3 is 6.18 Å². The molecule has 0 saturated carbocycles. The number of terminal acetylenes is 1. The predicted octanol–water partition coefficient (Wildman–Crippen LogP) is 4.97. The molecule has 0 aromatic heterocycles. The maximum Gasteiger partial charge on any atom is 0.417 e. The maximum atomic E-state index is 13.2. The van der Waals surface area contributed by atoms with Crippen molar-refractivity contribution in [1.82, 2.24) is 0 Å². The van der Waals surface area contributed by atoms with E-state index in [0.29, 0.717) is 11.1 Å². The molecule has 2 rings (SSSR count). The van der Waals surface area contributed by atoms with Crippen LogP contribution in [0.15, 0.2) is 36.4 Å². The van der Waals surface area contributed by atoms with Gasteiger partial charge in [0.25, 0.3) is 0 Å². The molecule has 0 saturated heterocycles. The third-order valence-electron chi connectivity index (χ3n) is 3.24. The van der Waals surface area contributed by atoms with Crippen molar-refractivity contribution in [2.24, 2.45) is 0 Å². The van der Waals surface area contributed by atoms with Gasteiger partial charge in [0.1, 0.15) is 0 Å². The zero-order chi connectivity index (χ0) is 14.9. The van der Waals surface area contributed by atoms with E-state index in [1.165, 1.54) is 12.1 Å². The highest BCUT2D eigenvalue weighted by Crippen LogP contribution is 2.39. The number of alkyl halides is 3. The summed E-state index contributed by atoms with van der Waals surface area (Å²) in [6, 6.07) is 9.22. The summed E-state index contributed by atoms with van der Waals surface area (Å²) in [6.45, 7) is 3.59. The van der Waals surface area contributed by atoms with Crippen LogP contribution >= 0.6 is 0 Å². The molecule has 102 valence electrons. The van der Waals surface area contributed by atoms with Crippen LogP contribution in [0.25, 0.3) is 11.1 Å². The first kappa shape index (κ1) is 14.2. The zero-order valence-electron chi connectivity index (χ0n) is 11.2. The van der Waals surface area contributed by atoms with Crippen molar-refractivity contribution < 1.29 is 13.2 Å². The molecule has 0 unspecified atom stereocenters. The number of benzene rings is 2. The molecule has 0 spiro atoms. The van der Waals surface area contributed by atoms with Crippen LogP contribution in [-0.2, 0) is 6.18 Å². The van der Waals surface area contributed by atoms with E-state index in [9.17, 15) is 13.2 Å². The highest BCUT2D eigenvalue weighted by Gasteiger charge is 2.34. The molecule has 2 aromatic rings. The molecule has 0 atom stereocenters. The molecule has 0 radical (unpaired) electrons. The van der Waals surface area contributed by atoms with Crippen molar-refractivity contribution in [2.75, 3.05) is 0 Å². The van der Waals surface area contributed by atoms with E-state index < -0.39 is 11.7 Å². The Morgan fingerprint density at radius 2 is 1.60 bits per heavy atom. The van der Waals surface area contributed by atoms with Gasteiger partial charge in [-0.2, -0.15) is 13.2 Å². The van der Waals surface area contributed by atoms with Gasteiger partial charge in [0.2, 0.25) is 0 Å². The van der Waals surface area contributed by atoms with Crippen LogP contribution in [0.1, 0.15) is 22.3 Å². The quantitative estimate of drug-likeness (QED) is 0.644. The van der Waals surface area contributed by atoms with Crippen LogP contribution in [0.2, 0.25) is 0 Å². The van der Waals surface area contributed by atoms with E-state index in [0.717, 1.165) is 17.2 Å². The summed E-state index contributed by atoms with van der Waals surface area (Å²) >= 11 is 0. The Balaban J connectivity index is 2.81. The average molecular weight is 274 g/mol. The Hall–Kier alpha value is -2.21. The first-order chi connectivity index (χ1) is 9.34. The molecular formula is C17H13F3. The zero-order valence-corrected chi connectivity index (χ0v) is 11.2. The highest BCUT2D eigenvalue weighted by atomic mass is 19.4. The summed E-state index contributed by atoms with van der Waals surface area (Å²) in [4.78, 5) is 0. The van der Waals surface area contributed by atoms with E-state index in [1.807, 2.05) is 6.07 Å². The van der Waals surface area contributed by atoms with Crippen LogP contribution in [0, 0.1) is 26.2 Å². The molecule has 0 amide bonds. The number of halogens is 3. The fourth-order valence-corrected chi connectivity index (χ4v) is 2.33. The molecule has 0 bridgehead atoms. The SMILES string of the molecule is C#Cc1ccc(C(F)(F)F)c(-c2c(C)cccc2C)c1. The minimum Gasteiger partial charge on any atom is -0.166 e. The van der Waals surface area contributed by atoms with Crippen LogP contribution in [0.3, 0.4) is 0 Å². The Kier molecular flexibility index (Phi) is 3.59. The third-order valence-corrected chi connectivity index (χ3v) is 3.24. The van der Waals surface area contributed by atoms with Crippen molar-refractivity contribution in [2.45, 2.75) is 20.0 Å². The monoisotopic (exact) mass is 274 g/mol. The second-order valence-electron chi connectivity index (χ2n) is 4.67. The standard InChI is InChI=1S/C17H13F3/c1-4-13-8-9-15(17(18,19)20)14(10-13)16-11(2)6-5-7-12(16)3/h1,5-10H,2-3H3. The van der Waals surface area contributed by atoms with Crippen LogP contribution in [0.5, 0.6) is 0 Å². The lowest BCUT2D eigenvalue weighted by Crippen LogP contribution is -2.08. The van der Waals surface area contributed by atoms with E-state index in [4.69, 9.17) is 6.42 Å². The number of rotatable bonds is 1. The van der Waals surface area contributed by atoms with Crippen molar-refractivity contribution in [3.05, 3.63) is 58.7 Å². The normalized spacial score (nSPS) is 11.2. The van der Waals surface area contributed by atoms with Gasteiger partial charge < -0.3 is 0 Å². The van der Waals surface area contributed by atoms with Crippen LogP contribution in [-0.4, -0.2) is 0 Å². The molecule has 0 nitrogen and oxygen atoms in total. The van der Waals surface area contributed by atoms with E-state index in [-0.39, 0.29) is 5.56 Å². The number of hydrogen-bond donors (Lipinski definition) is 0. The molecule has 0 aliphatic heterocycles. The Labute approximate surface area is 116 Å². The predicted molar refractivity (Wildman–Crippen MR) is 74.3 cm³/mol. The molecule has 3 heteroatoms. The van der Waals surface area contributed by atoms with Gasteiger partial charge in [0.05, 0.1) is 5.56 Å². The van der Waals surface area contributed by atoms with E-state index >= 15 is 0 Å². The van der Waals surface area contributed by atoms with E-state index in [2.05, 4.69) is 5.92 Å². The fraction of sp³-hybridized carbons (Fsp3) is 0.176. The number of hydrogen-bond acceptors (Lipinski definition) is 0. The lowest BCUT2D eigenvalue weighted by molar-refractivity contribution is -0.137. The van der Waals surface area contributed by atoms with Crippen molar-refractivity contribution in [3.8, 4) is 23.5 Å². The second kappa shape index (κ2) is 5.05. The molecule has 20 heavy (non-hydrogen) atoms. The van der Waals surface area contributed by atoms with Gasteiger partial charge in [-0.1, -0.05) is 24.1 Å². The van der Waals surface area contributed by atoms with Crippen molar-refractivity contribution in [3.63, 3.8) is 0 Å². The summed E-state index contributed by atoms with van der Waals surface area (Å²) in [6.07, 6.45) is 0.895. The molecule has 0 aliphatic carbocycles. The Bertz CT molecular complexity index is 668. The molecule has 0 N–H and O–H groups in total. The molecule has 2 aromatic carbocycles. The van der Waals surface area contributed by atoms with Gasteiger partial charge in [-0.15, -0.1) is 6.42 Å². The van der Waals surface area contributed by atoms with Crippen molar-refractivity contribution in [1.29, 1.82) is 0 Å². The van der Waals surface area contributed by atoms with Gasteiger partial charge in [-0.25, -0.2) is 0 Å². The minimum absolute atomic E-state index is 0.142. The third kappa shape index (κ3) is 2.55. The smallest absolute Gasteiger partial charge is 0.166 e. The van der Waals surface area contributed by atoms with Gasteiger partial charge in [0, 0.05) is 5.56 Å². The topological polar surface area (TPSA) is 0 Å². The fourth-order valence-electron chi connectivity index (χ4n) is 2.33. The summed E-state index contributed by atoms with van der Waals surface area (Å²) in [5.74, 6) is 2.39. The first-order valence-corrected chi connectivity index (χ1v) is 6.09.